The predicted molar refractivity (Wildman–Crippen MR) is 124 cm³/mol. The average Bonchev–Trinajstić information content (AvgIpc) is 3.12. The van der Waals surface area contributed by atoms with Gasteiger partial charge in [-0.15, -0.1) is 0 Å². The quantitative estimate of drug-likeness (QED) is 0.390. The zero-order valence-corrected chi connectivity index (χ0v) is 17.7. The number of hydrogen-bond acceptors (Lipinski definition) is 3. The normalized spacial score (nSPS) is 11.3. The summed E-state index contributed by atoms with van der Waals surface area (Å²) in [6, 6.07) is 23.4. The molecule has 0 unspecified atom stereocenters. The summed E-state index contributed by atoms with van der Waals surface area (Å²) in [7, 11) is 1.64. The zero-order chi connectivity index (χ0) is 21.4. The molecular weight excluding hydrogens is 410 g/mol. The molecule has 0 aliphatic carbocycles. The van der Waals surface area contributed by atoms with E-state index in [1.54, 1.807) is 18.0 Å². The van der Waals surface area contributed by atoms with Crippen molar-refractivity contribution >= 4 is 33.5 Å². The second-order valence-corrected chi connectivity index (χ2v) is 7.89. The lowest BCUT2D eigenvalue weighted by atomic mass is 10.2. The maximum absolute atomic E-state index is 13.5. The van der Waals surface area contributed by atoms with Crippen LogP contribution in [0.4, 0.5) is 0 Å². The summed E-state index contributed by atoms with van der Waals surface area (Å²) < 4.78 is 8.93. The molecule has 0 radical (unpaired) electrons. The molecule has 154 valence electrons. The third kappa shape index (κ3) is 3.57. The van der Waals surface area contributed by atoms with Gasteiger partial charge in [-0.1, -0.05) is 54.1 Å². The molecule has 0 fully saturated rings. The van der Waals surface area contributed by atoms with Crippen LogP contribution in [0.1, 0.15) is 11.1 Å². The van der Waals surface area contributed by atoms with Crippen LogP contribution >= 0.6 is 11.6 Å². The van der Waals surface area contributed by atoms with Gasteiger partial charge in [0.25, 0.3) is 5.56 Å². The Morgan fingerprint density at radius 3 is 2.32 bits per heavy atom. The van der Waals surface area contributed by atoms with Crippen LogP contribution in [0.5, 0.6) is 5.75 Å². The van der Waals surface area contributed by atoms with Gasteiger partial charge in [0.05, 0.1) is 25.5 Å². The van der Waals surface area contributed by atoms with Crippen LogP contribution in [-0.2, 0) is 13.1 Å². The van der Waals surface area contributed by atoms with Gasteiger partial charge < -0.3 is 9.30 Å². The number of methoxy groups -OCH3 is 1. The van der Waals surface area contributed by atoms with Crippen LogP contribution in [0, 0.1) is 0 Å². The lowest BCUT2D eigenvalue weighted by Gasteiger charge is -2.10. The molecule has 0 saturated heterocycles. The third-order valence-corrected chi connectivity index (χ3v) is 5.75. The summed E-state index contributed by atoms with van der Waals surface area (Å²) >= 11 is 6.05. The molecule has 5 aromatic rings. The number of hydrogen-bond donors (Lipinski definition) is 0. The number of nitrogens with zero attached hydrogens (tertiary/aromatic N) is 3. The summed E-state index contributed by atoms with van der Waals surface area (Å²) in [6.07, 6.45) is 1.63. The van der Waals surface area contributed by atoms with Crippen molar-refractivity contribution in [3.63, 3.8) is 0 Å². The molecule has 0 aliphatic rings. The summed E-state index contributed by atoms with van der Waals surface area (Å²) in [5.41, 5.74) is 4.32. The van der Waals surface area contributed by atoms with Crippen LogP contribution in [-0.4, -0.2) is 21.2 Å². The molecule has 6 heteroatoms. The van der Waals surface area contributed by atoms with Crippen molar-refractivity contribution < 1.29 is 4.74 Å². The second-order valence-electron chi connectivity index (χ2n) is 7.45. The number of fused-ring (bicyclic) bond motifs is 3. The number of aromatic nitrogens is 3. The van der Waals surface area contributed by atoms with Gasteiger partial charge in [0.15, 0.2) is 0 Å². The molecular formula is C25H20ClN3O2. The molecule has 0 aliphatic heterocycles. The molecule has 5 nitrogen and oxygen atoms in total. The highest BCUT2D eigenvalue weighted by Crippen LogP contribution is 2.26. The first-order valence-electron chi connectivity index (χ1n) is 9.98. The van der Waals surface area contributed by atoms with E-state index in [-0.39, 0.29) is 5.56 Å². The Balaban J connectivity index is 1.65. The van der Waals surface area contributed by atoms with Crippen LogP contribution in [0.3, 0.4) is 0 Å². The SMILES string of the molecule is COc1ccc(Cn2cnc3c4ccccc4n(Cc4ccc(Cl)cc4)c3c2=O)cc1. The molecule has 0 spiro atoms. The standard InChI is InChI=1S/C25H20ClN3O2/c1-31-20-12-8-17(9-13-20)14-28-16-27-23-21-4-2-3-5-22(21)29(24(23)25(28)30)15-18-6-10-19(26)11-7-18/h2-13,16H,14-15H2,1H3. The smallest absolute Gasteiger partial charge is 0.278 e. The fourth-order valence-corrected chi connectivity index (χ4v) is 4.05. The van der Waals surface area contributed by atoms with Gasteiger partial charge in [0.1, 0.15) is 16.8 Å². The number of para-hydroxylation sites is 1. The molecule has 31 heavy (non-hydrogen) atoms. The summed E-state index contributed by atoms with van der Waals surface area (Å²) in [6.45, 7) is 0.999. The molecule has 2 aromatic heterocycles. The first-order chi connectivity index (χ1) is 15.1. The van der Waals surface area contributed by atoms with Crippen molar-refractivity contribution in [3.05, 3.63) is 106 Å². The Bertz CT molecular complexity index is 1430. The molecule has 2 heterocycles. The van der Waals surface area contributed by atoms with E-state index in [0.717, 1.165) is 33.3 Å². The largest absolute Gasteiger partial charge is 0.497 e. The fourth-order valence-electron chi connectivity index (χ4n) is 3.93. The van der Waals surface area contributed by atoms with Crippen LogP contribution in [0.25, 0.3) is 21.9 Å². The molecule has 0 bridgehead atoms. The molecule has 5 rings (SSSR count). The summed E-state index contributed by atoms with van der Waals surface area (Å²) in [5.74, 6) is 0.785. The first kappa shape index (κ1) is 19.4. The van der Waals surface area contributed by atoms with Crippen LogP contribution < -0.4 is 10.3 Å². The minimum absolute atomic E-state index is 0.0639. The van der Waals surface area contributed by atoms with E-state index in [4.69, 9.17) is 16.3 Å². The molecule has 0 saturated carbocycles. The highest BCUT2D eigenvalue weighted by molar-refractivity contribution is 6.30. The van der Waals surface area contributed by atoms with Gasteiger partial charge >= 0.3 is 0 Å². The number of benzene rings is 3. The molecule has 3 aromatic carbocycles. The van der Waals surface area contributed by atoms with E-state index in [2.05, 4.69) is 4.98 Å². The Morgan fingerprint density at radius 1 is 0.903 bits per heavy atom. The lowest BCUT2D eigenvalue weighted by molar-refractivity contribution is 0.414. The highest BCUT2D eigenvalue weighted by atomic mass is 35.5. The van der Waals surface area contributed by atoms with Crippen LogP contribution in [0.2, 0.25) is 5.02 Å². The number of ether oxygens (including phenoxy) is 1. The van der Waals surface area contributed by atoms with Crippen molar-refractivity contribution in [2.24, 2.45) is 0 Å². The highest BCUT2D eigenvalue weighted by Gasteiger charge is 2.16. The Hall–Kier alpha value is -3.57. The Kier molecular flexibility index (Phi) is 4.96. The zero-order valence-electron chi connectivity index (χ0n) is 17.0. The van der Waals surface area contributed by atoms with E-state index in [9.17, 15) is 4.79 Å². The fraction of sp³-hybridized carbons (Fsp3) is 0.120. The monoisotopic (exact) mass is 429 g/mol. The molecule has 0 atom stereocenters. The Morgan fingerprint density at radius 2 is 1.58 bits per heavy atom. The topological polar surface area (TPSA) is 49.0 Å². The molecule has 0 amide bonds. The van der Waals surface area contributed by atoms with Crippen molar-refractivity contribution in [2.75, 3.05) is 7.11 Å². The number of rotatable bonds is 5. The lowest BCUT2D eigenvalue weighted by Crippen LogP contribution is -2.23. The maximum Gasteiger partial charge on any atom is 0.278 e. The summed E-state index contributed by atoms with van der Waals surface area (Å²) in [4.78, 5) is 18.2. The number of halogens is 1. The third-order valence-electron chi connectivity index (χ3n) is 5.50. The van der Waals surface area contributed by atoms with Gasteiger partial charge in [-0.2, -0.15) is 0 Å². The van der Waals surface area contributed by atoms with Crippen LogP contribution in [0.15, 0.2) is 83.9 Å². The van der Waals surface area contributed by atoms with E-state index in [0.29, 0.717) is 23.6 Å². The van der Waals surface area contributed by atoms with Gasteiger partial charge in [-0.05, 0) is 41.5 Å². The van der Waals surface area contributed by atoms with Gasteiger partial charge in [0, 0.05) is 17.0 Å². The van der Waals surface area contributed by atoms with Gasteiger partial charge in [-0.3, -0.25) is 9.36 Å². The summed E-state index contributed by atoms with van der Waals surface area (Å²) in [5, 5.41) is 1.66. The van der Waals surface area contributed by atoms with Crippen molar-refractivity contribution in [2.45, 2.75) is 13.1 Å². The van der Waals surface area contributed by atoms with E-state index >= 15 is 0 Å². The van der Waals surface area contributed by atoms with Crippen molar-refractivity contribution in [1.82, 2.24) is 14.1 Å². The van der Waals surface area contributed by atoms with Crippen molar-refractivity contribution in [3.8, 4) is 5.75 Å². The second kappa shape index (κ2) is 7.93. The minimum Gasteiger partial charge on any atom is -0.497 e. The van der Waals surface area contributed by atoms with E-state index in [1.165, 1.54) is 0 Å². The van der Waals surface area contributed by atoms with Gasteiger partial charge in [-0.25, -0.2) is 4.98 Å². The first-order valence-corrected chi connectivity index (χ1v) is 10.4. The van der Waals surface area contributed by atoms with E-state index < -0.39 is 0 Å². The predicted octanol–water partition coefficient (Wildman–Crippen LogP) is 5.11. The molecule has 0 N–H and O–H groups in total. The van der Waals surface area contributed by atoms with Crippen molar-refractivity contribution in [1.29, 1.82) is 0 Å². The Labute approximate surface area is 184 Å². The van der Waals surface area contributed by atoms with E-state index in [1.807, 2.05) is 77.4 Å². The maximum atomic E-state index is 13.5. The van der Waals surface area contributed by atoms with Gasteiger partial charge in [0.2, 0.25) is 0 Å². The minimum atomic E-state index is -0.0639. The average molecular weight is 430 g/mol.